The maximum atomic E-state index is 12.2. The number of nitrogens with one attached hydrogen (secondary N) is 2. The van der Waals surface area contributed by atoms with Crippen molar-refractivity contribution < 1.29 is 13.2 Å². The van der Waals surface area contributed by atoms with Crippen molar-refractivity contribution in [1.82, 2.24) is 14.9 Å². The van der Waals surface area contributed by atoms with Crippen LogP contribution in [0.15, 0.2) is 29.3 Å². The number of ether oxygens (including phenoxy) is 1. The van der Waals surface area contributed by atoms with Gasteiger partial charge in [-0.3, -0.25) is 4.99 Å². The molecule has 1 aromatic carbocycles. The van der Waals surface area contributed by atoms with Crippen LogP contribution >= 0.6 is 11.6 Å². The maximum absolute atomic E-state index is 12.2. The van der Waals surface area contributed by atoms with Crippen LogP contribution in [0.25, 0.3) is 0 Å². The molecule has 1 aliphatic heterocycles. The van der Waals surface area contributed by atoms with Crippen LogP contribution in [0.4, 0.5) is 0 Å². The van der Waals surface area contributed by atoms with Crippen molar-refractivity contribution in [3.63, 3.8) is 0 Å². The van der Waals surface area contributed by atoms with Crippen LogP contribution in [0.5, 0.6) is 5.75 Å². The van der Waals surface area contributed by atoms with Crippen LogP contribution < -0.4 is 15.4 Å². The molecule has 1 aromatic rings. The second-order valence-electron chi connectivity index (χ2n) is 6.97. The molecule has 158 valence electrons. The second kappa shape index (κ2) is 10.9. The van der Waals surface area contributed by atoms with E-state index in [1.807, 2.05) is 32.0 Å². The van der Waals surface area contributed by atoms with Crippen molar-refractivity contribution >= 4 is 27.6 Å². The Hall–Kier alpha value is -1.51. The van der Waals surface area contributed by atoms with E-state index in [0.717, 1.165) is 18.6 Å². The van der Waals surface area contributed by atoms with Gasteiger partial charge in [0.1, 0.15) is 11.9 Å². The molecule has 0 bridgehead atoms. The lowest BCUT2D eigenvalue weighted by atomic mass is 10.1. The van der Waals surface area contributed by atoms with E-state index in [1.165, 1.54) is 0 Å². The van der Waals surface area contributed by atoms with E-state index in [4.69, 9.17) is 16.3 Å². The molecule has 1 fully saturated rings. The first kappa shape index (κ1) is 22.8. The maximum Gasteiger partial charge on any atom is 0.214 e. The largest absolute Gasteiger partial charge is 0.489 e. The van der Waals surface area contributed by atoms with Crippen molar-refractivity contribution in [2.24, 2.45) is 4.99 Å². The van der Waals surface area contributed by atoms with Crippen molar-refractivity contribution in [1.29, 1.82) is 0 Å². The van der Waals surface area contributed by atoms with Crippen molar-refractivity contribution in [2.45, 2.75) is 45.3 Å². The summed E-state index contributed by atoms with van der Waals surface area (Å²) in [6, 6.07) is 7.51. The lowest BCUT2D eigenvalue weighted by Crippen LogP contribution is -2.51. The molecule has 0 spiro atoms. The Morgan fingerprint density at radius 3 is 2.71 bits per heavy atom. The second-order valence-corrected chi connectivity index (χ2v) is 9.50. The number of sulfonamides is 1. The van der Waals surface area contributed by atoms with Gasteiger partial charge in [-0.2, -0.15) is 0 Å². The van der Waals surface area contributed by atoms with E-state index in [2.05, 4.69) is 15.6 Å². The minimum atomic E-state index is -3.11. The smallest absolute Gasteiger partial charge is 0.214 e. The topological polar surface area (TPSA) is 83.0 Å². The molecule has 2 rings (SSSR count). The Morgan fingerprint density at radius 1 is 1.39 bits per heavy atom. The molecule has 2 N–H and O–H groups in total. The van der Waals surface area contributed by atoms with Crippen molar-refractivity contribution in [3.05, 3.63) is 29.3 Å². The molecule has 1 atom stereocenters. The molecule has 1 aliphatic rings. The molecular weight excluding hydrogens is 400 g/mol. The molecule has 1 heterocycles. The first-order chi connectivity index (χ1) is 13.3. The summed E-state index contributed by atoms with van der Waals surface area (Å²) in [6.45, 7) is 5.53. The average molecular weight is 431 g/mol. The van der Waals surface area contributed by atoms with Crippen LogP contribution in [-0.4, -0.2) is 63.3 Å². The van der Waals surface area contributed by atoms with E-state index >= 15 is 0 Å². The minimum absolute atomic E-state index is 0.0712. The van der Waals surface area contributed by atoms with Crippen LogP contribution in [0.1, 0.15) is 33.1 Å². The first-order valence-electron chi connectivity index (χ1n) is 9.71. The molecule has 0 radical (unpaired) electrons. The molecule has 0 aliphatic carbocycles. The highest BCUT2D eigenvalue weighted by atomic mass is 35.5. The zero-order chi connectivity index (χ0) is 20.6. The van der Waals surface area contributed by atoms with E-state index in [-0.39, 0.29) is 17.9 Å². The number of hydrogen-bond acceptors (Lipinski definition) is 4. The quantitative estimate of drug-likeness (QED) is 0.489. The molecule has 7 nitrogen and oxygen atoms in total. The highest BCUT2D eigenvalue weighted by molar-refractivity contribution is 7.89. The van der Waals surface area contributed by atoms with E-state index in [1.54, 1.807) is 17.4 Å². The van der Waals surface area contributed by atoms with Gasteiger partial charge in [-0.25, -0.2) is 12.7 Å². The van der Waals surface area contributed by atoms with Gasteiger partial charge in [-0.05, 0) is 44.4 Å². The Balaban J connectivity index is 1.76. The lowest BCUT2D eigenvalue weighted by Gasteiger charge is -2.32. The van der Waals surface area contributed by atoms with Gasteiger partial charge in [0.25, 0.3) is 0 Å². The average Bonchev–Trinajstić information content (AvgIpc) is 2.65. The fourth-order valence-corrected chi connectivity index (χ4v) is 4.83. The fraction of sp³-hybridized carbons (Fsp3) is 0.632. The van der Waals surface area contributed by atoms with Gasteiger partial charge in [0, 0.05) is 31.2 Å². The highest BCUT2D eigenvalue weighted by Crippen LogP contribution is 2.18. The third-order valence-electron chi connectivity index (χ3n) is 4.56. The van der Waals surface area contributed by atoms with Crippen molar-refractivity contribution in [3.8, 4) is 5.75 Å². The van der Waals surface area contributed by atoms with Crippen molar-refractivity contribution in [2.75, 3.05) is 32.4 Å². The van der Waals surface area contributed by atoms with E-state index in [0.29, 0.717) is 37.0 Å². The summed E-state index contributed by atoms with van der Waals surface area (Å²) in [6.07, 6.45) is 2.10. The number of nitrogens with zero attached hydrogens (tertiary/aromatic N) is 2. The summed E-state index contributed by atoms with van der Waals surface area (Å²) in [5, 5.41) is 7.28. The van der Waals surface area contributed by atoms with Gasteiger partial charge < -0.3 is 15.4 Å². The predicted octanol–water partition coefficient (Wildman–Crippen LogP) is 2.48. The molecule has 0 amide bonds. The molecule has 9 heteroatoms. The van der Waals surface area contributed by atoms with Crippen LogP contribution in [0.3, 0.4) is 0 Å². The van der Waals surface area contributed by atoms with E-state index < -0.39 is 10.0 Å². The van der Waals surface area contributed by atoms with Gasteiger partial charge in [0.15, 0.2) is 5.96 Å². The third kappa shape index (κ3) is 7.14. The Morgan fingerprint density at radius 2 is 2.11 bits per heavy atom. The van der Waals surface area contributed by atoms with Crippen LogP contribution in [-0.2, 0) is 10.0 Å². The highest BCUT2D eigenvalue weighted by Gasteiger charge is 2.27. The minimum Gasteiger partial charge on any atom is -0.489 e. The molecular formula is C19H31ClN4O3S. The first-order valence-corrected chi connectivity index (χ1v) is 11.7. The van der Waals surface area contributed by atoms with Gasteiger partial charge >= 0.3 is 0 Å². The monoisotopic (exact) mass is 430 g/mol. The van der Waals surface area contributed by atoms with Gasteiger partial charge in [-0.1, -0.05) is 24.6 Å². The summed E-state index contributed by atoms with van der Waals surface area (Å²) in [4.78, 5) is 4.26. The predicted molar refractivity (Wildman–Crippen MR) is 115 cm³/mol. The summed E-state index contributed by atoms with van der Waals surface area (Å²) < 4.78 is 31.8. The van der Waals surface area contributed by atoms with Crippen LogP contribution in [0, 0.1) is 0 Å². The Labute approximate surface area is 173 Å². The number of aliphatic imine (C=N–C) groups is 1. The summed E-state index contributed by atoms with van der Waals surface area (Å²) in [7, 11) is -1.39. The fourth-order valence-electron chi connectivity index (χ4n) is 3.11. The zero-order valence-corrected chi connectivity index (χ0v) is 18.4. The summed E-state index contributed by atoms with van der Waals surface area (Å²) in [5.74, 6) is 1.64. The van der Waals surface area contributed by atoms with Crippen LogP contribution in [0.2, 0.25) is 5.02 Å². The van der Waals surface area contributed by atoms with Gasteiger partial charge in [-0.15, -0.1) is 0 Å². The van der Waals surface area contributed by atoms with E-state index in [9.17, 15) is 8.42 Å². The number of piperidine rings is 1. The number of halogens is 1. The molecule has 0 aromatic heterocycles. The number of guanidine groups is 1. The number of rotatable bonds is 8. The molecule has 28 heavy (non-hydrogen) atoms. The SMILES string of the molecule is CCCS(=O)(=O)N1CCC(NC(=NC)NCC(C)Oc2cccc(Cl)c2)CC1. The number of hydrogen-bond donors (Lipinski definition) is 2. The summed E-state index contributed by atoms with van der Waals surface area (Å²) in [5.41, 5.74) is 0. The van der Waals surface area contributed by atoms with Gasteiger partial charge in [0.05, 0.1) is 12.3 Å². The molecule has 1 unspecified atom stereocenters. The Bertz CT molecular complexity index is 749. The molecule has 1 saturated heterocycles. The third-order valence-corrected chi connectivity index (χ3v) is 6.88. The standard InChI is InChI=1S/C19H31ClN4O3S/c1-4-12-28(25,26)24-10-8-17(9-11-24)23-19(21-3)22-14-15(2)27-18-7-5-6-16(20)13-18/h5-7,13,15,17H,4,8-12,14H2,1-3H3,(H2,21,22,23). The summed E-state index contributed by atoms with van der Waals surface area (Å²) >= 11 is 5.98. The number of benzene rings is 1. The van der Waals surface area contributed by atoms with Gasteiger partial charge in [0.2, 0.25) is 10.0 Å². The molecule has 0 saturated carbocycles. The zero-order valence-electron chi connectivity index (χ0n) is 16.8. The Kier molecular flexibility index (Phi) is 8.85. The lowest BCUT2D eigenvalue weighted by molar-refractivity contribution is 0.223. The normalized spacial score (nSPS) is 17.9.